The van der Waals surface area contributed by atoms with Gasteiger partial charge in [0, 0.05) is 62.8 Å². The van der Waals surface area contributed by atoms with Crippen molar-refractivity contribution in [3.05, 3.63) is 48.3 Å². The van der Waals surface area contributed by atoms with Gasteiger partial charge in [-0.25, -0.2) is 23.9 Å². The van der Waals surface area contributed by atoms with Crippen LogP contribution in [-0.4, -0.2) is 95.0 Å². The maximum atomic E-state index is 15.1. The third-order valence-electron chi connectivity index (χ3n) is 8.59. The topological polar surface area (TPSA) is 116 Å². The second kappa shape index (κ2) is 11.1. The minimum Gasteiger partial charge on any atom is -0.446 e. The molecule has 2 aromatic heterocycles. The molecule has 11 nitrogen and oxygen atoms in total. The molecule has 216 valence electrons. The molecule has 5 atom stereocenters. The van der Waals surface area contributed by atoms with Crippen molar-refractivity contribution in [2.24, 2.45) is 5.92 Å². The molecule has 0 radical (unpaired) electrons. The highest BCUT2D eigenvalue weighted by molar-refractivity contribution is 5.92. The molecule has 0 spiro atoms. The number of benzene rings is 1. The van der Waals surface area contributed by atoms with Crippen molar-refractivity contribution in [3.8, 4) is 0 Å². The Morgan fingerprint density at radius 2 is 1.93 bits per heavy atom. The Kier molecular flexibility index (Phi) is 7.33. The van der Waals surface area contributed by atoms with Crippen molar-refractivity contribution >= 4 is 40.5 Å². The summed E-state index contributed by atoms with van der Waals surface area (Å²) in [4.78, 5) is 44.3. The highest BCUT2D eigenvalue weighted by Crippen LogP contribution is 2.38. The lowest BCUT2D eigenvalue weighted by molar-refractivity contribution is 0.0585. The van der Waals surface area contributed by atoms with E-state index in [1.807, 2.05) is 30.0 Å². The molecule has 41 heavy (non-hydrogen) atoms. The lowest BCUT2D eigenvalue weighted by Crippen LogP contribution is -2.55. The Morgan fingerprint density at radius 1 is 1.07 bits per heavy atom. The molecule has 1 aromatic carbocycles. The Bertz CT molecular complexity index is 1450. The molecule has 4 heterocycles. The number of carbonyl (C=O) groups is 2. The summed E-state index contributed by atoms with van der Waals surface area (Å²) in [7, 11) is 3.68. The summed E-state index contributed by atoms with van der Waals surface area (Å²) in [6, 6.07) is 8.68. The zero-order chi connectivity index (χ0) is 28.7. The molecule has 0 unspecified atom stereocenters. The van der Waals surface area contributed by atoms with Crippen molar-refractivity contribution in [3.63, 3.8) is 0 Å². The normalized spacial score (nSPS) is 25.8. The van der Waals surface area contributed by atoms with Crippen molar-refractivity contribution in [1.82, 2.24) is 24.8 Å². The second-order valence-electron chi connectivity index (χ2n) is 11.4. The van der Waals surface area contributed by atoms with Crippen LogP contribution in [0.15, 0.2) is 42.7 Å². The van der Waals surface area contributed by atoms with Gasteiger partial charge < -0.3 is 19.4 Å². The van der Waals surface area contributed by atoms with Crippen molar-refractivity contribution < 1.29 is 18.7 Å². The molecule has 2 aliphatic heterocycles. The number of aryl methyl sites for hydroxylation is 1. The third-order valence-corrected chi connectivity index (χ3v) is 8.59. The molecule has 12 heteroatoms. The van der Waals surface area contributed by atoms with Crippen LogP contribution in [0.3, 0.4) is 0 Å². The quantitative estimate of drug-likeness (QED) is 0.479. The van der Waals surface area contributed by atoms with Crippen LogP contribution in [-0.2, 0) is 4.74 Å². The van der Waals surface area contributed by atoms with Crippen LogP contribution in [0.2, 0.25) is 0 Å². The molecule has 1 aliphatic carbocycles. The zero-order valence-corrected chi connectivity index (χ0v) is 23.5. The van der Waals surface area contributed by atoms with Gasteiger partial charge in [-0.2, -0.15) is 4.98 Å². The lowest BCUT2D eigenvalue weighted by Gasteiger charge is -2.39. The smallest absolute Gasteiger partial charge is 0.413 e. The molecule has 2 bridgehead atoms. The van der Waals surface area contributed by atoms with Gasteiger partial charge in [0.25, 0.3) is 0 Å². The monoisotopic (exact) mass is 562 g/mol. The SMILES string of the molecule is Cc1ccc2cc(NC(=O)N(C)[C@H]3CN(c4nccc(NC(=O)O[C@@H]5C[C@@H]6C[C@H]5CN6C)n4)CC[C@H]3F)ncc2c1. The highest BCUT2D eigenvalue weighted by Gasteiger charge is 2.45. The number of amides is 3. The van der Waals surface area contributed by atoms with Crippen LogP contribution < -0.4 is 15.5 Å². The number of anilines is 3. The van der Waals surface area contributed by atoms with Crippen LogP contribution in [0.1, 0.15) is 24.8 Å². The first-order chi connectivity index (χ1) is 19.7. The number of alkyl halides is 1. The van der Waals surface area contributed by atoms with Crippen molar-refractivity contribution in [1.29, 1.82) is 0 Å². The number of halogens is 1. The molecule has 3 fully saturated rings. The summed E-state index contributed by atoms with van der Waals surface area (Å²) in [5.74, 6) is 1.42. The molecule has 2 N–H and O–H groups in total. The van der Waals surface area contributed by atoms with E-state index in [2.05, 4.69) is 37.5 Å². The standard InChI is InChI=1S/C29H35FN8O3/c1-17-4-5-18-12-26(32-14-19(18)10-17)34-28(39)37(3)23-16-38(9-7-22(23)30)27-31-8-6-25(33-27)35-29(40)41-24-13-21-11-20(24)15-36(21)2/h4-6,8,10,12,14,20-24H,7,9,11,13,15-16H2,1-3H3,(H,32,34,39)(H,31,33,35,40)/t20-,21-,22+,23-,24+/m0/s1. The maximum absolute atomic E-state index is 15.1. The van der Waals surface area contributed by atoms with Crippen LogP contribution in [0.25, 0.3) is 10.8 Å². The van der Waals surface area contributed by atoms with E-state index in [-0.39, 0.29) is 19.1 Å². The number of piperidine rings is 2. The zero-order valence-electron chi connectivity index (χ0n) is 23.5. The average molecular weight is 563 g/mol. The molecule has 1 saturated carbocycles. The number of hydrogen-bond acceptors (Lipinski definition) is 8. The first-order valence-electron chi connectivity index (χ1n) is 14.0. The van der Waals surface area contributed by atoms with Crippen molar-refractivity contribution in [2.45, 2.75) is 50.5 Å². The Balaban J connectivity index is 1.07. The van der Waals surface area contributed by atoms with E-state index < -0.39 is 24.3 Å². The number of likely N-dealkylation sites (N-methyl/N-ethyl adjacent to an activating group) is 1. The number of nitrogens with zero attached hydrogens (tertiary/aromatic N) is 6. The molecular weight excluding hydrogens is 527 g/mol. The van der Waals surface area contributed by atoms with Gasteiger partial charge in [0.15, 0.2) is 0 Å². The molecule has 6 rings (SSSR count). The molecule has 3 aliphatic rings. The van der Waals surface area contributed by atoms with E-state index in [1.54, 1.807) is 31.6 Å². The third kappa shape index (κ3) is 5.74. The van der Waals surface area contributed by atoms with Crippen LogP contribution >= 0.6 is 0 Å². The highest BCUT2D eigenvalue weighted by atomic mass is 19.1. The predicted octanol–water partition coefficient (Wildman–Crippen LogP) is 4.06. The number of rotatable bonds is 5. The lowest BCUT2D eigenvalue weighted by atomic mass is 10.0. The summed E-state index contributed by atoms with van der Waals surface area (Å²) in [5, 5.41) is 7.43. The summed E-state index contributed by atoms with van der Waals surface area (Å²) in [6.07, 6.45) is 3.53. The predicted molar refractivity (Wildman–Crippen MR) is 154 cm³/mol. The van der Waals surface area contributed by atoms with E-state index >= 15 is 4.39 Å². The van der Waals surface area contributed by atoms with Gasteiger partial charge in [0.2, 0.25) is 5.95 Å². The van der Waals surface area contributed by atoms with Crippen molar-refractivity contribution in [2.75, 3.05) is 49.3 Å². The van der Waals surface area contributed by atoms with E-state index in [1.165, 1.54) is 4.90 Å². The van der Waals surface area contributed by atoms with E-state index in [9.17, 15) is 9.59 Å². The summed E-state index contributed by atoms with van der Waals surface area (Å²) in [5.41, 5.74) is 1.13. The minimum absolute atomic E-state index is 0.0856. The van der Waals surface area contributed by atoms with Gasteiger partial charge in [0.05, 0.1) is 6.04 Å². The van der Waals surface area contributed by atoms with Gasteiger partial charge in [-0.05, 0) is 50.4 Å². The summed E-state index contributed by atoms with van der Waals surface area (Å²) in [6.45, 7) is 3.53. The fourth-order valence-corrected chi connectivity index (χ4v) is 6.24. The number of ether oxygens (including phenoxy) is 1. The van der Waals surface area contributed by atoms with Gasteiger partial charge in [0.1, 0.15) is 23.9 Å². The average Bonchev–Trinajstić information content (AvgIpc) is 3.52. The Hall–Kier alpha value is -4.06. The molecular formula is C29H35FN8O3. The van der Waals surface area contributed by atoms with Gasteiger partial charge in [-0.1, -0.05) is 17.7 Å². The largest absolute Gasteiger partial charge is 0.446 e. The number of aromatic nitrogens is 3. The van der Waals surface area contributed by atoms with Crippen LogP contribution in [0, 0.1) is 12.8 Å². The van der Waals surface area contributed by atoms with Crippen LogP contribution in [0.5, 0.6) is 0 Å². The molecule has 3 amide bonds. The fraction of sp³-hybridized carbons (Fsp3) is 0.483. The second-order valence-corrected chi connectivity index (χ2v) is 11.4. The van der Waals surface area contributed by atoms with E-state index in [4.69, 9.17) is 4.74 Å². The van der Waals surface area contributed by atoms with Gasteiger partial charge >= 0.3 is 12.1 Å². The Morgan fingerprint density at radius 3 is 2.71 bits per heavy atom. The van der Waals surface area contributed by atoms with Gasteiger partial charge in [-0.3, -0.25) is 10.6 Å². The maximum Gasteiger partial charge on any atom is 0.413 e. The van der Waals surface area contributed by atoms with E-state index in [0.29, 0.717) is 36.1 Å². The fourth-order valence-electron chi connectivity index (χ4n) is 6.24. The number of fused-ring (bicyclic) bond motifs is 3. The van der Waals surface area contributed by atoms with Crippen LogP contribution in [0.4, 0.5) is 31.6 Å². The minimum atomic E-state index is -1.22. The number of pyridine rings is 1. The number of nitrogens with one attached hydrogen (secondary N) is 2. The molecule has 2 saturated heterocycles. The summed E-state index contributed by atoms with van der Waals surface area (Å²) < 4.78 is 20.8. The first-order valence-corrected chi connectivity index (χ1v) is 14.0. The first kappa shape index (κ1) is 27.1. The number of carbonyl (C=O) groups excluding carboxylic acids is 2. The van der Waals surface area contributed by atoms with Gasteiger partial charge in [-0.15, -0.1) is 0 Å². The number of hydrogen-bond donors (Lipinski definition) is 2. The Labute approximate surface area is 238 Å². The number of likely N-dealkylation sites (tertiary alicyclic amines) is 1. The summed E-state index contributed by atoms with van der Waals surface area (Å²) >= 11 is 0. The molecule has 3 aromatic rings. The number of urea groups is 1. The van der Waals surface area contributed by atoms with E-state index in [0.717, 1.165) is 35.7 Å².